The SMILES string of the molecule is CCCN(CC(F)(F)F)C(CN)c1ccc(Cl)s1. The lowest BCUT2D eigenvalue weighted by Crippen LogP contribution is -2.40. The van der Waals surface area contributed by atoms with Gasteiger partial charge in [-0.15, -0.1) is 11.3 Å². The second kappa shape index (κ2) is 6.75. The molecule has 2 nitrogen and oxygen atoms in total. The van der Waals surface area contributed by atoms with E-state index in [2.05, 4.69) is 0 Å². The van der Waals surface area contributed by atoms with Gasteiger partial charge in [-0.05, 0) is 25.1 Å². The summed E-state index contributed by atoms with van der Waals surface area (Å²) in [5.74, 6) is 0. The lowest BCUT2D eigenvalue weighted by molar-refractivity contribution is -0.150. The fourth-order valence-electron chi connectivity index (χ4n) is 1.82. The molecule has 104 valence electrons. The number of nitrogens with two attached hydrogens (primary N) is 1. The van der Waals surface area contributed by atoms with E-state index in [-0.39, 0.29) is 6.54 Å². The predicted molar refractivity (Wildman–Crippen MR) is 69.0 cm³/mol. The lowest BCUT2D eigenvalue weighted by atomic mass is 10.2. The molecule has 0 saturated heterocycles. The van der Waals surface area contributed by atoms with Gasteiger partial charge in [0.2, 0.25) is 0 Å². The van der Waals surface area contributed by atoms with Crippen LogP contribution >= 0.6 is 22.9 Å². The van der Waals surface area contributed by atoms with Gasteiger partial charge in [-0.1, -0.05) is 18.5 Å². The topological polar surface area (TPSA) is 29.3 Å². The number of hydrogen-bond donors (Lipinski definition) is 1. The summed E-state index contributed by atoms with van der Waals surface area (Å²) in [4.78, 5) is 2.14. The van der Waals surface area contributed by atoms with Gasteiger partial charge in [0.05, 0.1) is 16.9 Å². The van der Waals surface area contributed by atoms with E-state index in [0.717, 1.165) is 4.88 Å². The van der Waals surface area contributed by atoms with Crippen LogP contribution in [-0.2, 0) is 0 Å². The van der Waals surface area contributed by atoms with Gasteiger partial charge in [-0.25, -0.2) is 0 Å². The van der Waals surface area contributed by atoms with Gasteiger partial charge < -0.3 is 5.73 Å². The molecule has 0 aliphatic heterocycles. The van der Waals surface area contributed by atoms with Crippen molar-refractivity contribution in [1.29, 1.82) is 0 Å². The second-order valence-corrected chi connectivity index (χ2v) is 5.73. The first-order valence-electron chi connectivity index (χ1n) is 5.63. The van der Waals surface area contributed by atoms with Crippen molar-refractivity contribution >= 4 is 22.9 Å². The highest BCUT2D eigenvalue weighted by Gasteiger charge is 2.34. The van der Waals surface area contributed by atoms with Crippen molar-refractivity contribution in [2.45, 2.75) is 25.6 Å². The fourth-order valence-corrected chi connectivity index (χ4v) is 3.02. The highest BCUT2D eigenvalue weighted by molar-refractivity contribution is 7.16. The molecular formula is C11H16ClF3N2S. The Balaban J connectivity index is 2.86. The molecule has 0 saturated carbocycles. The van der Waals surface area contributed by atoms with E-state index in [0.29, 0.717) is 17.3 Å². The van der Waals surface area contributed by atoms with E-state index in [9.17, 15) is 13.2 Å². The average Bonchev–Trinajstić information content (AvgIpc) is 2.64. The molecule has 18 heavy (non-hydrogen) atoms. The summed E-state index contributed by atoms with van der Waals surface area (Å²) in [7, 11) is 0. The average molecular weight is 301 g/mol. The molecule has 0 fully saturated rings. The lowest BCUT2D eigenvalue weighted by Gasteiger charge is -2.30. The summed E-state index contributed by atoms with van der Waals surface area (Å²) in [5.41, 5.74) is 5.62. The van der Waals surface area contributed by atoms with Crippen LogP contribution in [0.4, 0.5) is 13.2 Å². The molecule has 1 atom stereocenters. The normalized spacial score (nSPS) is 14.2. The van der Waals surface area contributed by atoms with Crippen LogP contribution in [0.25, 0.3) is 0 Å². The standard InChI is InChI=1S/C11H16ClF3N2S/c1-2-5-17(7-11(13,14)15)8(6-16)9-3-4-10(12)18-9/h3-4,8H,2,5-7,16H2,1H3. The predicted octanol–water partition coefficient (Wildman–Crippen LogP) is 3.68. The quantitative estimate of drug-likeness (QED) is 0.868. The minimum absolute atomic E-state index is 0.146. The van der Waals surface area contributed by atoms with Crippen LogP contribution in [-0.4, -0.2) is 30.7 Å². The summed E-state index contributed by atoms with van der Waals surface area (Å²) >= 11 is 7.09. The van der Waals surface area contributed by atoms with E-state index in [4.69, 9.17) is 17.3 Å². The molecule has 1 aromatic rings. The third kappa shape index (κ3) is 4.76. The van der Waals surface area contributed by atoms with Crippen molar-refractivity contribution < 1.29 is 13.2 Å². The number of thiophene rings is 1. The molecule has 2 N–H and O–H groups in total. The van der Waals surface area contributed by atoms with Gasteiger partial charge in [-0.2, -0.15) is 13.2 Å². The van der Waals surface area contributed by atoms with Crippen LogP contribution in [0.15, 0.2) is 12.1 Å². The Morgan fingerprint density at radius 2 is 2.11 bits per heavy atom. The van der Waals surface area contributed by atoms with E-state index in [1.54, 1.807) is 12.1 Å². The van der Waals surface area contributed by atoms with E-state index < -0.39 is 18.8 Å². The first-order valence-corrected chi connectivity index (χ1v) is 6.83. The third-order valence-electron chi connectivity index (χ3n) is 2.48. The van der Waals surface area contributed by atoms with Crippen LogP contribution < -0.4 is 5.73 Å². The summed E-state index contributed by atoms with van der Waals surface area (Å²) in [6.07, 6.45) is -3.57. The van der Waals surface area contributed by atoms with Gasteiger partial charge >= 0.3 is 6.18 Å². The minimum Gasteiger partial charge on any atom is -0.329 e. The molecule has 0 aliphatic rings. The molecule has 1 rings (SSSR count). The second-order valence-electron chi connectivity index (χ2n) is 3.98. The van der Waals surface area contributed by atoms with Crippen LogP contribution in [0.1, 0.15) is 24.3 Å². The van der Waals surface area contributed by atoms with E-state index in [1.807, 2.05) is 6.92 Å². The number of alkyl halides is 3. The summed E-state index contributed by atoms with van der Waals surface area (Å²) in [6.45, 7) is 1.40. The van der Waals surface area contributed by atoms with Crippen LogP contribution in [0.3, 0.4) is 0 Å². The maximum Gasteiger partial charge on any atom is 0.401 e. The van der Waals surface area contributed by atoms with Crippen LogP contribution in [0, 0.1) is 0 Å². The molecule has 1 aromatic heterocycles. The maximum atomic E-state index is 12.5. The number of rotatable bonds is 6. The Labute approximate surface area is 114 Å². The molecule has 0 spiro atoms. The monoisotopic (exact) mass is 300 g/mol. The van der Waals surface area contributed by atoms with Gasteiger partial charge in [-0.3, -0.25) is 4.90 Å². The van der Waals surface area contributed by atoms with Crippen molar-refractivity contribution in [2.75, 3.05) is 19.6 Å². The fraction of sp³-hybridized carbons (Fsp3) is 0.636. The molecule has 0 amide bonds. The Bertz CT molecular complexity index is 367. The van der Waals surface area contributed by atoms with Gasteiger partial charge in [0.1, 0.15) is 0 Å². The number of hydrogen-bond acceptors (Lipinski definition) is 3. The molecule has 0 bridgehead atoms. The number of nitrogens with zero attached hydrogens (tertiary/aromatic N) is 1. The molecule has 1 heterocycles. The zero-order valence-electron chi connectivity index (χ0n) is 10.0. The van der Waals surface area contributed by atoms with Crippen LogP contribution in [0.2, 0.25) is 4.34 Å². The zero-order valence-corrected chi connectivity index (χ0v) is 11.6. The van der Waals surface area contributed by atoms with Crippen molar-refractivity contribution in [1.82, 2.24) is 4.90 Å². The Kier molecular flexibility index (Phi) is 5.91. The Morgan fingerprint density at radius 3 is 2.50 bits per heavy atom. The van der Waals surface area contributed by atoms with Crippen molar-refractivity contribution in [3.05, 3.63) is 21.3 Å². The molecule has 0 radical (unpaired) electrons. The zero-order chi connectivity index (χ0) is 13.8. The molecule has 1 unspecified atom stereocenters. The van der Waals surface area contributed by atoms with Crippen molar-refractivity contribution in [3.63, 3.8) is 0 Å². The molecular weight excluding hydrogens is 285 g/mol. The first kappa shape index (κ1) is 15.8. The van der Waals surface area contributed by atoms with Crippen molar-refractivity contribution in [3.8, 4) is 0 Å². The van der Waals surface area contributed by atoms with Gasteiger partial charge in [0.15, 0.2) is 0 Å². The summed E-state index contributed by atoms with van der Waals surface area (Å²) in [5, 5.41) is 0. The maximum absolute atomic E-state index is 12.5. The Hall–Kier alpha value is -0.300. The Morgan fingerprint density at radius 1 is 1.44 bits per heavy atom. The molecule has 7 heteroatoms. The van der Waals surface area contributed by atoms with E-state index in [1.165, 1.54) is 16.2 Å². The van der Waals surface area contributed by atoms with E-state index >= 15 is 0 Å². The molecule has 0 aliphatic carbocycles. The van der Waals surface area contributed by atoms with Gasteiger partial charge in [0.25, 0.3) is 0 Å². The van der Waals surface area contributed by atoms with Gasteiger partial charge in [0, 0.05) is 11.4 Å². The number of halogens is 4. The first-order chi connectivity index (χ1) is 8.37. The summed E-state index contributed by atoms with van der Waals surface area (Å²) in [6, 6.07) is 3.00. The minimum atomic E-state index is -4.22. The van der Waals surface area contributed by atoms with Crippen molar-refractivity contribution in [2.24, 2.45) is 5.73 Å². The highest BCUT2D eigenvalue weighted by atomic mass is 35.5. The largest absolute Gasteiger partial charge is 0.401 e. The summed E-state index contributed by atoms with van der Waals surface area (Å²) < 4.78 is 38.2. The van der Waals surface area contributed by atoms with Crippen LogP contribution in [0.5, 0.6) is 0 Å². The third-order valence-corrected chi connectivity index (χ3v) is 3.81. The highest BCUT2D eigenvalue weighted by Crippen LogP contribution is 2.31. The smallest absolute Gasteiger partial charge is 0.329 e. The molecule has 0 aromatic carbocycles.